The summed E-state index contributed by atoms with van der Waals surface area (Å²) in [6, 6.07) is 0. The second kappa shape index (κ2) is 6.87. The predicted molar refractivity (Wildman–Crippen MR) is 77.6 cm³/mol. The highest BCUT2D eigenvalue weighted by Gasteiger charge is 2.35. The number of carbonyl (C=O) groups is 2. The van der Waals surface area contributed by atoms with Gasteiger partial charge in [-0.3, -0.25) is 19.5 Å². The summed E-state index contributed by atoms with van der Waals surface area (Å²) in [4.78, 5) is 30.7. The fourth-order valence-electron chi connectivity index (χ4n) is 2.35. The van der Waals surface area contributed by atoms with E-state index in [4.69, 9.17) is 12.2 Å². The Labute approximate surface area is 123 Å². The van der Waals surface area contributed by atoms with E-state index in [2.05, 4.69) is 15.6 Å². The maximum Gasteiger partial charge on any atom is 0.246 e. The molecule has 2 saturated heterocycles. The highest BCUT2D eigenvalue weighted by atomic mass is 32.1. The molecule has 2 rings (SSSR count). The Morgan fingerprint density at radius 2 is 2.20 bits per heavy atom. The van der Waals surface area contributed by atoms with Crippen LogP contribution in [0.2, 0.25) is 0 Å². The summed E-state index contributed by atoms with van der Waals surface area (Å²) >= 11 is 4.88. The first-order valence-corrected chi connectivity index (χ1v) is 7.28. The van der Waals surface area contributed by atoms with Gasteiger partial charge in [0.05, 0.1) is 13.1 Å². The standard InChI is InChI=1S/C12H19N5O2S/c1-16-11(19)9(10(18)15-12(16)20)8-14-4-7-17-5-2-13-3-6-17/h8-9,13H,2-7H2,1H3,(H,15,18,20)/p+2/t9-/m1/s1. The Balaban J connectivity index is 1.82. The van der Waals surface area contributed by atoms with Gasteiger partial charge in [-0.15, -0.1) is 0 Å². The quantitative estimate of drug-likeness (QED) is 0.281. The normalized spacial score (nSPS) is 25.4. The molecule has 2 aliphatic heterocycles. The van der Waals surface area contributed by atoms with E-state index < -0.39 is 5.92 Å². The summed E-state index contributed by atoms with van der Waals surface area (Å²) in [5.41, 5.74) is 0. The molecule has 2 amide bonds. The largest absolute Gasteiger partial charge is 0.337 e. The van der Waals surface area contributed by atoms with Gasteiger partial charge in [0.2, 0.25) is 11.8 Å². The summed E-state index contributed by atoms with van der Waals surface area (Å²) < 4.78 is 0. The number of thiocarbonyl (C=S) groups is 1. The minimum absolute atomic E-state index is 0.152. The van der Waals surface area contributed by atoms with Gasteiger partial charge in [0, 0.05) is 13.3 Å². The lowest BCUT2D eigenvalue weighted by Gasteiger charge is -2.27. The maximum atomic E-state index is 11.9. The van der Waals surface area contributed by atoms with Crippen molar-refractivity contribution in [2.45, 2.75) is 0 Å². The van der Waals surface area contributed by atoms with Crippen LogP contribution in [0.4, 0.5) is 0 Å². The fraction of sp³-hybridized carbons (Fsp3) is 0.667. The average Bonchev–Trinajstić information content (AvgIpc) is 2.45. The third kappa shape index (κ3) is 3.59. The van der Waals surface area contributed by atoms with Gasteiger partial charge in [0.1, 0.15) is 26.2 Å². The Bertz CT molecular complexity index is 434. The maximum absolute atomic E-state index is 11.9. The van der Waals surface area contributed by atoms with Crippen molar-refractivity contribution in [3.63, 3.8) is 0 Å². The van der Waals surface area contributed by atoms with Crippen molar-refractivity contribution in [2.75, 3.05) is 46.3 Å². The molecule has 2 heterocycles. The van der Waals surface area contributed by atoms with Crippen molar-refractivity contribution in [1.82, 2.24) is 10.2 Å². The zero-order valence-electron chi connectivity index (χ0n) is 11.6. The SMILES string of the molecule is CN1C(=O)[C@H](C=NCC[NH+]2CC[NH2+]CC2)C(=O)NC1=S. The van der Waals surface area contributed by atoms with Crippen LogP contribution in [0.25, 0.3) is 0 Å². The van der Waals surface area contributed by atoms with Crippen LogP contribution in [0.1, 0.15) is 0 Å². The number of nitrogens with one attached hydrogen (secondary N) is 2. The summed E-state index contributed by atoms with van der Waals surface area (Å²) in [6.07, 6.45) is 1.45. The highest BCUT2D eigenvalue weighted by molar-refractivity contribution is 7.80. The van der Waals surface area contributed by atoms with Crippen LogP contribution in [0.5, 0.6) is 0 Å². The first-order chi connectivity index (χ1) is 9.59. The molecule has 20 heavy (non-hydrogen) atoms. The zero-order valence-corrected chi connectivity index (χ0v) is 12.4. The van der Waals surface area contributed by atoms with E-state index in [1.165, 1.54) is 16.0 Å². The number of hydrogen-bond donors (Lipinski definition) is 3. The summed E-state index contributed by atoms with van der Waals surface area (Å²) in [5, 5.41) is 4.96. The second-order valence-corrected chi connectivity index (χ2v) is 5.48. The van der Waals surface area contributed by atoms with Gasteiger partial charge in [-0.05, 0) is 12.2 Å². The van der Waals surface area contributed by atoms with Crippen LogP contribution in [0.15, 0.2) is 4.99 Å². The number of nitrogens with two attached hydrogens (primary N) is 1. The van der Waals surface area contributed by atoms with Crippen LogP contribution in [-0.4, -0.2) is 74.4 Å². The van der Waals surface area contributed by atoms with E-state index in [-0.39, 0.29) is 16.9 Å². The molecular formula is C12H21N5O2S+2. The van der Waals surface area contributed by atoms with Crippen molar-refractivity contribution in [1.29, 1.82) is 0 Å². The van der Waals surface area contributed by atoms with Gasteiger partial charge in [0.15, 0.2) is 11.0 Å². The van der Waals surface area contributed by atoms with Crippen molar-refractivity contribution in [3.05, 3.63) is 0 Å². The van der Waals surface area contributed by atoms with Crippen LogP contribution in [-0.2, 0) is 9.59 Å². The van der Waals surface area contributed by atoms with Gasteiger partial charge in [-0.1, -0.05) is 0 Å². The number of piperazine rings is 1. The monoisotopic (exact) mass is 299 g/mol. The summed E-state index contributed by atoms with van der Waals surface area (Å²) in [5.74, 6) is -1.56. The van der Waals surface area contributed by atoms with Crippen LogP contribution < -0.4 is 15.5 Å². The molecule has 7 nitrogen and oxygen atoms in total. The van der Waals surface area contributed by atoms with Gasteiger partial charge in [0.25, 0.3) is 0 Å². The summed E-state index contributed by atoms with van der Waals surface area (Å²) in [7, 11) is 1.55. The van der Waals surface area contributed by atoms with Crippen molar-refractivity contribution < 1.29 is 19.8 Å². The van der Waals surface area contributed by atoms with E-state index >= 15 is 0 Å². The Kier molecular flexibility index (Phi) is 5.16. The lowest BCUT2D eigenvalue weighted by atomic mass is 10.1. The molecule has 4 N–H and O–H groups in total. The number of rotatable bonds is 4. The molecule has 2 aliphatic rings. The molecule has 0 aromatic rings. The highest BCUT2D eigenvalue weighted by Crippen LogP contribution is 2.06. The molecule has 0 bridgehead atoms. The number of carbonyl (C=O) groups excluding carboxylic acids is 2. The molecule has 0 aromatic heterocycles. The molecule has 0 spiro atoms. The minimum Gasteiger partial charge on any atom is -0.337 e. The van der Waals surface area contributed by atoms with Crippen molar-refractivity contribution in [2.24, 2.45) is 10.9 Å². The van der Waals surface area contributed by atoms with Gasteiger partial charge in [-0.25, -0.2) is 0 Å². The van der Waals surface area contributed by atoms with Crippen LogP contribution in [0, 0.1) is 5.92 Å². The lowest BCUT2D eigenvalue weighted by Crippen LogP contribution is -3.20. The Morgan fingerprint density at radius 3 is 2.90 bits per heavy atom. The molecule has 1 atom stereocenters. The predicted octanol–water partition coefficient (Wildman–Crippen LogP) is -3.99. The molecule has 110 valence electrons. The lowest BCUT2D eigenvalue weighted by molar-refractivity contribution is -0.945. The molecule has 0 radical (unpaired) electrons. The number of aliphatic imine (C=N–C) groups is 1. The molecule has 0 saturated carbocycles. The van der Waals surface area contributed by atoms with Gasteiger partial charge in [-0.2, -0.15) is 0 Å². The molecule has 2 fully saturated rings. The Morgan fingerprint density at radius 1 is 1.50 bits per heavy atom. The number of amides is 2. The third-order valence-corrected chi connectivity index (χ3v) is 4.04. The topological polar surface area (TPSA) is 82.8 Å². The van der Waals surface area contributed by atoms with Crippen LogP contribution >= 0.6 is 12.2 Å². The smallest absolute Gasteiger partial charge is 0.246 e. The molecule has 0 unspecified atom stereocenters. The van der Waals surface area contributed by atoms with E-state index in [9.17, 15) is 9.59 Å². The zero-order chi connectivity index (χ0) is 14.5. The molecule has 0 aliphatic carbocycles. The number of quaternary nitrogens is 2. The Hall–Kier alpha value is -1.38. The van der Waals surface area contributed by atoms with Crippen molar-refractivity contribution >= 4 is 35.4 Å². The molecular weight excluding hydrogens is 278 g/mol. The van der Waals surface area contributed by atoms with E-state index in [0.29, 0.717) is 6.54 Å². The van der Waals surface area contributed by atoms with E-state index in [1.54, 1.807) is 7.05 Å². The second-order valence-electron chi connectivity index (χ2n) is 5.09. The molecule has 8 heteroatoms. The number of hydrogen-bond acceptors (Lipinski definition) is 4. The number of nitrogens with zero attached hydrogens (tertiary/aromatic N) is 2. The minimum atomic E-state index is -0.851. The van der Waals surface area contributed by atoms with E-state index in [1.807, 2.05) is 0 Å². The van der Waals surface area contributed by atoms with Crippen LogP contribution in [0.3, 0.4) is 0 Å². The molecule has 0 aromatic carbocycles. The summed E-state index contributed by atoms with van der Waals surface area (Å²) in [6.45, 7) is 6.20. The van der Waals surface area contributed by atoms with Gasteiger partial charge >= 0.3 is 0 Å². The third-order valence-electron chi connectivity index (χ3n) is 3.67. The first-order valence-electron chi connectivity index (χ1n) is 6.87. The van der Waals surface area contributed by atoms with E-state index in [0.717, 1.165) is 32.7 Å². The van der Waals surface area contributed by atoms with Gasteiger partial charge < -0.3 is 15.5 Å². The van der Waals surface area contributed by atoms with Crippen molar-refractivity contribution in [3.8, 4) is 0 Å². The fourth-order valence-corrected chi connectivity index (χ4v) is 2.54. The first kappa shape index (κ1) is 15.0. The average molecular weight is 299 g/mol.